The van der Waals surface area contributed by atoms with Gasteiger partial charge in [-0.25, -0.2) is 0 Å². The molecule has 2 aromatic rings. The molecule has 0 unspecified atom stereocenters. The molecule has 2 aromatic carbocycles. The van der Waals surface area contributed by atoms with E-state index in [0.717, 1.165) is 30.1 Å². The maximum absolute atomic E-state index is 12.3. The van der Waals surface area contributed by atoms with Crippen molar-refractivity contribution < 1.29 is 14.3 Å². The predicted molar refractivity (Wildman–Crippen MR) is 97.7 cm³/mol. The van der Waals surface area contributed by atoms with Crippen LogP contribution in [-0.2, 0) is 11.2 Å². The molecule has 2 aliphatic heterocycles. The first-order valence-corrected chi connectivity index (χ1v) is 8.81. The SMILES string of the molecule is O=C(Cc1ccc(N2CCCC2)cc1)Nc1ccc2c(c1)OCCO2. The minimum absolute atomic E-state index is 0.0365. The lowest BCUT2D eigenvalue weighted by Crippen LogP contribution is -2.18. The summed E-state index contributed by atoms with van der Waals surface area (Å²) >= 11 is 0. The molecular formula is C20H22N2O3. The average Bonchev–Trinajstić information content (AvgIpc) is 3.17. The average molecular weight is 338 g/mol. The summed E-state index contributed by atoms with van der Waals surface area (Å²) in [6.07, 6.45) is 2.88. The maximum Gasteiger partial charge on any atom is 0.228 e. The van der Waals surface area contributed by atoms with Crippen LogP contribution in [0, 0.1) is 0 Å². The first kappa shape index (κ1) is 15.8. The Morgan fingerprint density at radius 2 is 1.68 bits per heavy atom. The minimum Gasteiger partial charge on any atom is -0.486 e. The molecule has 1 saturated heterocycles. The quantitative estimate of drug-likeness (QED) is 0.930. The van der Waals surface area contributed by atoms with Gasteiger partial charge < -0.3 is 19.7 Å². The standard InChI is InChI=1S/C20H22N2O3/c23-20(21-16-5-8-18-19(14-16)25-12-11-24-18)13-15-3-6-17(7-4-15)22-9-1-2-10-22/h3-8,14H,1-2,9-13H2,(H,21,23). The van der Waals surface area contributed by atoms with Crippen molar-refractivity contribution in [1.29, 1.82) is 0 Å². The number of anilines is 2. The molecule has 25 heavy (non-hydrogen) atoms. The van der Waals surface area contributed by atoms with E-state index in [0.29, 0.717) is 25.4 Å². The van der Waals surface area contributed by atoms with Crippen molar-refractivity contribution in [3.63, 3.8) is 0 Å². The van der Waals surface area contributed by atoms with Crippen molar-refractivity contribution in [2.75, 3.05) is 36.5 Å². The molecular weight excluding hydrogens is 316 g/mol. The molecule has 2 aliphatic rings. The third kappa shape index (κ3) is 3.71. The molecule has 1 fully saturated rings. The lowest BCUT2D eigenvalue weighted by molar-refractivity contribution is -0.115. The monoisotopic (exact) mass is 338 g/mol. The molecule has 0 radical (unpaired) electrons. The van der Waals surface area contributed by atoms with Crippen LogP contribution >= 0.6 is 0 Å². The van der Waals surface area contributed by atoms with Crippen molar-refractivity contribution in [2.45, 2.75) is 19.3 Å². The number of ether oxygens (including phenoxy) is 2. The van der Waals surface area contributed by atoms with Crippen LogP contribution in [0.1, 0.15) is 18.4 Å². The number of carbonyl (C=O) groups excluding carboxylic acids is 1. The molecule has 1 amide bonds. The molecule has 5 nitrogen and oxygen atoms in total. The topological polar surface area (TPSA) is 50.8 Å². The van der Waals surface area contributed by atoms with Gasteiger partial charge in [-0.05, 0) is 42.7 Å². The van der Waals surface area contributed by atoms with Crippen molar-refractivity contribution in [1.82, 2.24) is 0 Å². The molecule has 5 heteroatoms. The number of rotatable bonds is 4. The Hall–Kier alpha value is -2.69. The van der Waals surface area contributed by atoms with Gasteiger partial charge in [0.05, 0.1) is 6.42 Å². The Kier molecular flexibility index (Phi) is 4.46. The summed E-state index contributed by atoms with van der Waals surface area (Å²) < 4.78 is 11.0. The highest BCUT2D eigenvalue weighted by atomic mass is 16.6. The first-order valence-electron chi connectivity index (χ1n) is 8.81. The summed E-state index contributed by atoms with van der Waals surface area (Å²) in [6, 6.07) is 13.8. The van der Waals surface area contributed by atoms with E-state index in [-0.39, 0.29) is 5.91 Å². The maximum atomic E-state index is 12.3. The van der Waals surface area contributed by atoms with Crippen LogP contribution in [0.3, 0.4) is 0 Å². The van der Waals surface area contributed by atoms with Gasteiger partial charge in [0.1, 0.15) is 13.2 Å². The van der Waals surface area contributed by atoms with E-state index in [4.69, 9.17) is 9.47 Å². The second kappa shape index (κ2) is 7.05. The van der Waals surface area contributed by atoms with Crippen molar-refractivity contribution in [3.8, 4) is 11.5 Å². The van der Waals surface area contributed by atoms with Crippen molar-refractivity contribution >= 4 is 17.3 Å². The summed E-state index contributed by atoms with van der Waals surface area (Å²) in [7, 11) is 0. The fourth-order valence-electron chi connectivity index (χ4n) is 3.31. The van der Waals surface area contributed by atoms with Gasteiger partial charge in [0.25, 0.3) is 0 Å². The molecule has 1 N–H and O–H groups in total. The zero-order valence-corrected chi connectivity index (χ0v) is 14.2. The Morgan fingerprint density at radius 1 is 0.960 bits per heavy atom. The molecule has 4 rings (SSSR count). The number of fused-ring (bicyclic) bond motifs is 1. The number of nitrogens with one attached hydrogen (secondary N) is 1. The summed E-state index contributed by atoms with van der Waals surface area (Å²) in [5.41, 5.74) is 2.98. The van der Waals surface area contributed by atoms with Crippen LogP contribution in [-0.4, -0.2) is 32.2 Å². The summed E-state index contributed by atoms with van der Waals surface area (Å²) in [5.74, 6) is 1.37. The second-order valence-corrected chi connectivity index (χ2v) is 6.44. The zero-order chi connectivity index (χ0) is 17.1. The molecule has 0 atom stereocenters. The second-order valence-electron chi connectivity index (χ2n) is 6.44. The van der Waals surface area contributed by atoms with Gasteiger partial charge in [0, 0.05) is 30.5 Å². The number of carbonyl (C=O) groups is 1. The van der Waals surface area contributed by atoms with E-state index in [1.165, 1.54) is 18.5 Å². The molecule has 0 aliphatic carbocycles. The molecule has 130 valence electrons. The molecule has 2 heterocycles. The highest BCUT2D eigenvalue weighted by molar-refractivity contribution is 5.92. The third-order valence-corrected chi connectivity index (χ3v) is 4.60. The fourth-order valence-corrected chi connectivity index (χ4v) is 3.31. The van der Waals surface area contributed by atoms with E-state index in [2.05, 4.69) is 22.3 Å². The molecule has 0 aromatic heterocycles. The van der Waals surface area contributed by atoms with Crippen LogP contribution < -0.4 is 19.7 Å². The number of amides is 1. The van der Waals surface area contributed by atoms with E-state index >= 15 is 0 Å². The summed E-state index contributed by atoms with van der Waals surface area (Å²) in [6.45, 7) is 3.35. The largest absolute Gasteiger partial charge is 0.486 e. The minimum atomic E-state index is -0.0365. The van der Waals surface area contributed by atoms with E-state index in [1.54, 1.807) is 0 Å². The van der Waals surface area contributed by atoms with Crippen molar-refractivity contribution in [2.24, 2.45) is 0 Å². The van der Waals surface area contributed by atoms with Gasteiger partial charge in [-0.2, -0.15) is 0 Å². The lowest BCUT2D eigenvalue weighted by Gasteiger charge is -2.19. The molecule has 0 spiro atoms. The zero-order valence-electron chi connectivity index (χ0n) is 14.2. The van der Waals surface area contributed by atoms with Crippen LogP contribution in [0.2, 0.25) is 0 Å². The van der Waals surface area contributed by atoms with Gasteiger partial charge in [0.15, 0.2) is 11.5 Å². The Bertz CT molecular complexity index is 752. The van der Waals surface area contributed by atoms with Gasteiger partial charge >= 0.3 is 0 Å². The van der Waals surface area contributed by atoms with Crippen LogP contribution in [0.15, 0.2) is 42.5 Å². The first-order chi connectivity index (χ1) is 12.3. The Morgan fingerprint density at radius 3 is 2.44 bits per heavy atom. The normalized spacial score (nSPS) is 15.9. The van der Waals surface area contributed by atoms with E-state index in [1.807, 2.05) is 30.3 Å². The fraction of sp³-hybridized carbons (Fsp3) is 0.350. The number of benzene rings is 2. The number of hydrogen-bond acceptors (Lipinski definition) is 4. The van der Waals surface area contributed by atoms with Crippen LogP contribution in [0.4, 0.5) is 11.4 Å². The summed E-state index contributed by atoms with van der Waals surface area (Å²) in [5, 5.41) is 2.93. The predicted octanol–water partition coefficient (Wildman–Crippen LogP) is 3.24. The molecule has 0 bridgehead atoms. The smallest absolute Gasteiger partial charge is 0.228 e. The lowest BCUT2D eigenvalue weighted by atomic mass is 10.1. The highest BCUT2D eigenvalue weighted by Gasteiger charge is 2.14. The van der Waals surface area contributed by atoms with Gasteiger partial charge in [0.2, 0.25) is 5.91 Å². The van der Waals surface area contributed by atoms with E-state index < -0.39 is 0 Å². The van der Waals surface area contributed by atoms with Crippen molar-refractivity contribution in [3.05, 3.63) is 48.0 Å². The van der Waals surface area contributed by atoms with Crippen LogP contribution in [0.5, 0.6) is 11.5 Å². The van der Waals surface area contributed by atoms with Crippen LogP contribution in [0.25, 0.3) is 0 Å². The van der Waals surface area contributed by atoms with Gasteiger partial charge in [-0.1, -0.05) is 12.1 Å². The number of hydrogen-bond donors (Lipinski definition) is 1. The Balaban J connectivity index is 1.37. The highest BCUT2D eigenvalue weighted by Crippen LogP contribution is 2.32. The van der Waals surface area contributed by atoms with Gasteiger partial charge in [-0.15, -0.1) is 0 Å². The number of nitrogens with zero attached hydrogens (tertiary/aromatic N) is 1. The molecule has 0 saturated carbocycles. The third-order valence-electron chi connectivity index (χ3n) is 4.60. The van der Waals surface area contributed by atoms with E-state index in [9.17, 15) is 4.79 Å². The van der Waals surface area contributed by atoms with Gasteiger partial charge in [-0.3, -0.25) is 4.79 Å². The Labute approximate surface area is 147 Å². The summed E-state index contributed by atoms with van der Waals surface area (Å²) in [4.78, 5) is 14.7.